The van der Waals surface area contributed by atoms with Crippen LogP contribution in [0, 0.1) is 5.82 Å². The molecule has 0 radical (unpaired) electrons. The van der Waals surface area contributed by atoms with Crippen LogP contribution in [-0.4, -0.2) is 43.7 Å². The number of halogens is 1. The molecule has 6 nitrogen and oxygen atoms in total. The van der Waals surface area contributed by atoms with Gasteiger partial charge < -0.3 is 15.4 Å². The van der Waals surface area contributed by atoms with Crippen LogP contribution in [0.5, 0.6) is 0 Å². The van der Waals surface area contributed by atoms with Crippen LogP contribution in [0.4, 0.5) is 14.0 Å². The number of carbonyl (C=O) groups is 2. The van der Waals surface area contributed by atoms with Crippen molar-refractivity contribution in [2.24, 2.45) is 0 Å². The second-order valence-electron chi connectivity index (χ2n) is 4.35. The molecular weight excluding hydrogens is 265 g/mol. The van der Waals surface area contributed by atoms with E-state index < -0.39 is 18.2 Å². The molecule has 7 heteroatoms. The van der Waals surface area contributed by atoms with Crippen molar-refractivity contribution in [1.82, 2.24) is 15.5 Å². The summed E-state index contributed by atoms with van der Waals surface area (Å²) in [5.41, 5.74) is 0.624. The Labute approximate surface area is 115 Å². The monoisotopic (exact) mass is 281 g/mol. The largest absolute Gasteiger partial charge is 0.375 e. The van der Waals surface area contributed by atoms with Gasteiger partial charge in [-0.3, -0.25) is 0 Å². The minimum atomic E-state index is -0.488. The molecule has 1 aromatic carbocycles. The minimum absolute atomic E-state index is 0.155. The molecule has 108 valence electrons. The maximum absolute atomic E-state index is 13.2. The summed E-state index contributed by atoms with van der Waals surface area (Å²) in [6, 6.07) is 5.07. The summed E-state index contributed by atoms with van der Waals surface area (Å²) >= 11 is 0. The van der Waals surface area contributed by atoms with Crippen molar-refractivity contribution in [2.75, 3.05) is 26.7 Å². The van der Waals surface area contributed by atoms with Crippen molar-refractivity contribution >= 4 is 12.1 Å². The first-order chi connectivity index (χ1) is 9.61. The van der Waals surface area contributed by atoms with Gasteiger partial charge in [-0.2, -0.15) is 0 Å². The lowest BCUT2D eigenvalue weighted by Gasteiger charge is -2.19. The summed E-state index contributed by atoms with van der Waals surface area (Å²) in [4.78, 5) is 24.2. The molecule has 20 heavy (non-hydrogen) atoms. The predicted octanol–water partition coefficient (Wildman–Crippen LogP) is 1.25. The number of nitrogens with zero attached hydrogens (tertiary/aromatic N) is 1. The summed E-state index contributed by atoms with van der Waals surface area (Å²) in [6.07, 6.45) is -0.472. The summed E-state index contributed by atoms with van der Waals surface area (Å²) in [5.74, 6) is -0.366. The smallest absolute Gasteiger partial charge is 0.325 e. The van der Waals surface area contributed by atoms with Crippen LogP contribution >= 0.6 is 0 Å². The van der Waals surface area contributed by atoms with E-state index in [0.717, 1.165) is 4.90 Å². The van der Waals surface area contributed by atoms with E-state index in [1.165, 1.54) is 19.2 Å². The second kappa shape index (κ2) is 6.33. The molecule has 1 atom stereocenters. The van der Waals surface area contributed by atoms with Gasteiger partial charge in [-0.25, -0.2) is 18.9 Å². The molecule has 4 amide bonds. The van der Waals surface area contributed by atoms with Gasteiger partial charge in [0.15, 0.2) is 0 Å². The molecule has 0 aromatic heterocycles. The van der Waals surface area contributed by atoms with E-state index in [1.807, 2.05) is 0 Å². The molecule has 0 unspecified atom stereocenters. The molecule has 1 saturated heterocycles. The number of methoxy groups -OCH3 is 1. The zero-order valence-electron chi connectivity index (χ0n) is 11.1. The molecule has 1 aliphatic rings. The molecule has 1 aromatic rings. The average Bonchev–Trinajstić information content (AvgIpc) is 2.85. The number of hydrogen-bond donors (Lipinski definition) is 2. The fraction of sp³-hybridized carbons (Fsp3) is 0.385. The Kier molecular flexibility index (Phi) is 4.52. The highest BCUT2D eigenvalue weighted by molar-refractivity contribution is 5.94. The maximum atomic E-state index is 13.2. The summed E-state index contributed by atoms with van der Waals surface area (Å²) in [7, 11) is 1.48. The number of amides is 4. The van der Waals surface area contributed by atoms with Gasteiger partial charge in [0.05, 0.1) is 6.10 Å². The van der Waals surface area contributed by atoms with Gasteiger partial charge >= 0.3 is 12.1 Å². The lowest BCUT2D eigenvalue weighted by atomic mass is 10.1. The highest BCUT2D eigenvalue weighted by Crippen LogP contribution is 2.16. The van der Waals surface area contributed by atoms with Crippen LogP contribution in [0.25, 0.3) is 0 Å². The van der Waals surface area contributed by atoms with Crippen molar-refractivity contribution in [1.29, 1.82) is 0 Å². The topological polar surface area (TPSA) is 70.7 Å². The van der Waals surface area contributed by atoms with Crippen molar-refractivity contribution in [2.45, 2.75) is 6.10 Å². The number of rotatable bonds is 4. The number of nitrogens with one attached hydrogen (secondary N) is 2. The average molecular weight is 281 g/mol. The molecular formula is C13H16FN3O3. The Morgan fingerprint density at radius 2 is 2.40 bits per heavy atom. The van der Waals surface area contributed by atoms with Crippen molar-refractivity contribution in [3.63, 3.8) is 0 Å². The van der Waals surface area contributed by atoms with E-state index in [0.29, 0.717) is 18.7 Å². The number of urea groups is 2. The van der Waals surface area contributed by atoms with Crippen molar-refractivity contribution < 1.29 is 18.7 Å². The summed E-state index contributed by atoms with van der Waals surface area (Å²) in [5, 5.41) is 5.14. The zero-order chi connectivity index (χ0) is 14.5. The predicted molar refractivity (Wildman–Crippen MR) is 69.7 cm³/mol. The Morgan fingerprint density at radius 3 is 3.00 bits per heavy atom. The highest BCUT2D eigenvalue weighted by atomic mass is 19.1. The van der Waals surface area contributed by atoms with Crippen LogP contribution in [0.15, 0.2) is 24.3 Å². The van der Waals surface area contributed by atoms with Crippen LogP contribution < -0.4 is 10.6 Å². The third kappa shape index (κ3) is 3.24. The number of carbonyl (C=O) groups excluding carboxylic acids is 2. The molecule has 2 rings (SSSR count). The third-order valence-corrected chi connectivity index (χ3v) is 3.05. The van der Waals surface area contributed by atoms with E-state index in [2.05, 4.69) is 10.6 Å². The summed E-state index contributed by atoms with van der Waals surface area (Å²) < 4.78 is 18.4. The van der Waals surface area contributed by atoms with Crippen LogP contribution in [0.3, 0.4) is 0 Å². The molecule has 0 saturated carbocycles. The van der Waals surface area contributed by atoms with Crippen molar-refractivity contribution in [3.05, 3.63) is 35.6 Å². The molecule has 2 N–H and O–H groups in total. The van der Waals surface area contributed by atoms with Gasteiger partial charge in [0.2, 0.25) is 0 Å². The maximum Gasteiger partial charge on any atom is 0.325 e. The Hall–Kier alpha value is -2.15. The fourth-order valence-electron chi connectivity index (χ4n) is 1.98. The second-order valence-corrected chi connectivity index (χ2v) is 4.35. The fourth-order valence-corrected chi connectivity index (χ4v) is 1.98. The molecule has 1 heterocycles. The number of benzene rings is 1. The zero-order valence-corrected chi connectivity index (χ0v) is 11.1. The first-order valence-corrected chi connectivity index (χ1v) is 6.23. The number of ether oxygens (including phenoxy) is 1. The van der Waals surface area contributed by atoms with E-state index in [9.17, 15) is 14.0 Å². The SMILES string of the molecule is CO[C@H](CNC(=O)N1CCNC1=O)c1cccc(F)c1. The van der Waals surface area contributed by atoms with Gasteiger partial charge in [-0.05, 0) is 17.7 Å². The minimum Gasteiger partial charge on any atom is -0.375 e. The van der Waals surface area contributed by atoms with Crippen LogP contribution in [0.1, 0.15) is 11.7 Å². The molecule has 0 bridgehead atoms. The molecule has 1 fully saturated rings. The molecule has 1 aliphatic heterocycles. The van der Waals surface area contributed by atoms with Crippen LogP contribution in [0.2, 0.25) is 0 Å². The number of imide groups is 1. The van der Waals surface area contributed by atoms with Gasteiger partial charge in [0.25, 0.3) is 0 Å². The van der Waals surface area contributed by atoms with E-state index >= 15 is 0 Å². The first-order valence-electron chi connectivity index (χ1n) is 6.23. The van der Waals surface area contributed by atoms with Crippen LogP contribution in [-0.2, 0) is 4.74 Å². The first kappa shape index (κ1) is 14.3. The third-order valence-electron chi connectivity index (χ3n) is 3.05. The Balaban J connectivity index is 1.94. The highest BCUT2D eigenvalue weighted by Gasteiger charge is 2.26. The lowest BCUT2D eigenvalue weighted by Crippen LogP contribution is -2.43. The van der Waals surface area contributed by atoms with Crippen molar-refractivity contribution in [3.8, 4) is 0 Å². The lowest BCUT2D eigenvalue weighted by molar-refractivity contribution is 0.102. The standard InChI is InChI=1S/C13H16FN3O3/c1-20-11(9-3-2-4-10(14)7-9)8-16-13(19)17-6-5-15-12(17)18/h2-4,7,11H,5-6,8H2,1H3,(H,15,18)(H,16,19)/t11-/m1/s1. The molecule has 0 aliphatic carbocycles. The van der Waals surface area contributed by atoms with Gasteiger partial charge in [0, 0.05) is 26.7 Å². The van der Waals surface area contributed by atoms with Gasteiger partial charge in [-0.1, -0.05) is 12.1 Å². The van der Waals surface area contributed by atoms with Gasteiger partial charge in [-0.15, -0.1) is 0 Å². The normalized spacial score (nSPS) is 15.9. The van der Waals surface area contributed by atoms with E-state index in [4.69, 9.17) is 4.74 Å². The Bertz CT molecular complexity index is 509. The molecule has 0 spiro atoms. The quantitative estimate of drug-likeness (QED) is 0.872. The van der Waals surface area contributed by atoms with E-state index in [-0.39, 0.29) is 12.4 Å². The van der Waals surface area contributed by atoms with E-state index in [1.54, 1.807) is 12.1 Å². The summed E-state index contributed by atoms with van der Waals surface area (Å²) in [6.45, 7) is 0.939. The Morgan fingerprint density at radius 1 is 1.60 bits per heavy atom. The number of hydrogen-bond acceptors (Lipinski definition) is 3. The van der Waals surface area contributed by atoms with Gasteiger partial charge in [0.1, 0.15) is 5.82 Å².